The molecule has 23 heavy (non-hydrogen) atoms. The van der Waals surface area contributed by atoms with Gasteiger partial charge in [0, 0.05) is 24.3 Å². The number of aromatic amines is 1. The number of nitrogens with one attached hydrogen (secondary N) is 4. The molecule has 0 aliphatic carbocycles. The van der Waals surface area contributed by atoms with Gasteiger partial charge >= 0.3 is 5.97 Å². The number of aromatic nitrogens is 2. The number of unbranched alkanes of at least 4 members (excludes halogenated alkanes) is 1. The number of hydrogen-bond donors (Lipinski definition) is 4. The number of hydrogen-bond acceptors (Lipinski definition) is 6. The minimum absolute atomic E-state index is 0.0589. The lowest BCUT2D eigenvalue weighted by molar-refractivity contribution is 0.0487. The van der Waals surface area contributed by atoms with Gasteiger partial charge in [0.25, 0.3) is 0 Å². The zero-order valence-corrected chi connectivity index (χ0v) is 13.5. The Balaban J connectivity index is 1.79. The lowest BCUT2D eigenvalue weighted by Crippen LogP contribution is -2.38. The number of aryl methyl sites for hydroxylation is 1. The number of carbonyl (C=O) groups excluding carboxylic acids is 1. The fraction of sp³-hybridized carbons (Fsp3) is 0.500. The van der Waals surface area contributed by atoms with E-state index in [-0.39, 0.29) is 12.1 Å². The summed E-state index contributed by atoms with van der Waals surface area (Å²) in [5.41, 5.74) is 3.61. The Bertz CT molecular complexity index is 691. The maximum Gasteiger partial charge on any atom is 0.374 e. The number of imidazole rings is 1. The Hall–Kier alpha value is -2.12. The van der Waals surface area contributed by atoms with Crippen LogP contribution in [0.15, 0.2) is 12.1 Å². The summed E-state index contributed by atoms with van der Waals surface area (Å²) in [5, 5.41) is 10.0. The molecule has 2 aromatic rings. The Labute approximate surface area is 135 Å². The van der Waals surface area contributed by atoms with Crippen LogP contribution in [0.4, 0.5) is 5.69 Å². The lowest BCUT2D eigenvalue weighted by Gasteiger charge is -2.16. The first kappa shape index (κ1) is 15.8. The number of nitrogens with zero attached hydrogens (tertiary/aromatic N) is 1. The molecule has 1 aliphatic rings. The van der Waals surface area contributed by atoms with Crippen molar-refractivity contribution >= 4 is 22.7 Å². The molecule has 0 saturated carbocycles. The lowest BCUT2D eigenvalue weighted by atomic mass is 10.1. The maximum atomic E-state index is 12.0. The van der Waals surface area contributed by atoms with Crippen molar-refractivity contribution in [2.24, 2.45) is 0 Å². The predicted octanol–water partition coefficient (Wildman–Crippen LogP) is 1.72. The standard InChI is InChI=1S/C16H23N5O2/c1-3-4-9-23-15(22)14-19-12-6-5-11(10(2)13(12)21-14)20-16-17-7-8-18-16/h5-6,16-18,20H,3-4,7-9H2,1-2H3,(H,19,21). The van der Waals surface area contributed by atoms with Gasteiger partial charge in [-0.2, -0.15) is 0 Å². The molecule has 7 heteroatoms. The van der Waals surface area contributed by atoms with E-state index in [1.807, 2.05) is 19.1 Å². The molecule has 0 atom stereocenters. The average Bonchev–Trinajstić information content (AvgIpc) is 3.20. The molecule has 1 aromatic heterocycles. The van der Waals surface area contributed by atoms with Gasteiger partial charge in [0.2, 0.25) is 5.82 Å². The predicted molar refractivity (Wildman–Crippen MR) is 89.4 cm³/mol. The topological polar surface area (TPSA) is 91.1 Å². The van der Waals surface area contributed by atoms with E-state index in [0.717, 1.165) is 48.2 Å². The van der Waals surface area contributed by atoms with E-state index < -0.39 is 5.97 Å². The third-order valence-corrected chi connectivity index (χ3v) is 3.95. The SMILES string of the molecule is CCCCOC(=O)c1nc2c(C)c(NC3NCCN3)ccc2[nH]1. The number of ether oxygens (including phenoxy) is 1. The van der Waals surface area contributed by atoms with E-state index in [1.54, 1.807) is 0 Å². The van der Waals surface area contributed by atoms with Crippen LogP contribution in [0, 0.1) is 6.92 Å². The number of H-pyrrole nitrogens is 1. The zero-order chi connectivity index (χ0) is 16.2. The number of benzene rings is 1. The number of fused-ring (bicyclic) bond motifs is 1. The fourth-order valence-corrected chi connectivity index (χ4v) is 2.61. The molecule has 1 saturated heterocycles. The summed E-state index contributed by atoms with van der Waals surface area (Å²) in [6.45, 7) is 6.36. The van der Waals surface area contributed by atoms with Crippen molar-refractivity contribution in [2.45, 2.75) is 33.0 Å². The van der Waals surface area contributed by atoms with Crippen LogP contribution >= 0.6 is 0 Å². The summed E-state index contributed by atoms with van der Waals surface area (Å²) in [5.74, 6) is -0.142. The first-order valence-electron chi connectivity index (χ1n) is 8.09. The number of carbonyl (C=O) groups is 1. The Morgan fingerprint density at radius 2 is 2.17 bits per heavy atom. The monoisotopic (exact) mass is 317 g/mol. The molecule has 0 unspecified atom stereocenters. The van der Waals surface area contributed by atoms with Gasteiger partial charge in [0.05, 0.1) is 17.6 Å². The molecule has 0 radical (unpaired) electrons. The van der Waals surface area contributed by atoms with Crippen LogP contribution in [-0.2, 0) is 4.74 Å². The van der Waals surface area contributed by atoms with Crippen molar-refractivity contribution in [1.29, 1.82) is 0 Å². The molecule has 1 aromatic carbocycles. The van der Waals surface area contributed by atoms with E-state index in [4.69, 9.17) is 4.74 Å². The number of anilines is 1. The summed E-state index contributed by atoms with van der Waals surface area (Å²) in [6, 6.07) is 3.92. The fourth-order valence-electron chi connectivity index (χ4n) is 2.61. The second-order valence-corrected chi connectivity index (χ2v) is 5.69. The summed E-state index contributed by atoms with van der Waals surface area (Å²) < 4.78 is 5.21. The van der Waals surface area contributed by atoms with Crippen LogP contribution in [0.2, 0.25) is 0 Å². The second kappa shape index (κ2) is 6.97. The summed E-state index contributed by atoms with van der Waals surface area (Å²) in [7, 11) is 0. The van der Waals surface area contributed by atoms with Crippen molar-refractivity contribution in [3.8, 4) is 0 Å². The Morgan fingerprint density at radius 3 is 2.91 bits per heavy atom. The molecule has 7 nitrogen and oxygen atoms in total. The van der Waals surface area contributed by atoms with Crippen molar-refractivity contribution in [2.75, 3.05) is 25.0 Å². The van der Waals surface area contributed by atoms with E-state index >= 15 is 0 Å². The van der Waals surface area contributed by atoms with Crippen molar-refractivity contribution < 1.29 is 9.53 Å². The first-order chi connectivity index (χ1) is 11.2. The van der Waals surface area contributed by atoms with Crippen LogP contribution in [0.5, 0.6) is 0 Å². The van der Waals surface area contributed by atoms with Crippen LogP contribution in [0.3, 0.4) is 0 Å². The van der Waals surface area contributed by atoms with Crippen molar-refractivity contribution in [3.05, 3.63) is 23.5 Å². The summed E-state index contributed by atoms with van der Waals surface area (Å²) in [4.78, 5) is 19.5. The van der Waals surface area contributed by atoms with E-state index in [0.29, 0.717) is 6.61 Å². The van der Waals surface area contributed by atoms with Crippen LogP contribution in [-0.4, -0.2) is 41.9 Å². The van der Waals surface area contributed by atoms with Gasteiger partial charge in [-0.25, -0.2) is 9.78 Å². The molecule has 0 bridgehead atoms. The van der Waals surface area contributed by atoms with Gasteiger partial charge in [-0.05, 0) is 25.5 Å². The minimum atomic E-state index is -0.400. The van der Waals surface area contributed by atoms with Crippen molar-refractivity contribution in [3.63, 3.8) is 0 Å². The molecule has 2 heterocycles. The highest BCUT2D eigenvalue weighted by atomic mass is 16.5. The second-order valence-electron chi connectivity index (χ2n) is 5.69. The van der Waals surface area contributed by atoms with Crippen LogP contribution < -0.4 is 16.0 Å². The molecule has 4 N–H and O–H groups in total. The van der Waals surface area contributed by atoms with Crippen molar-refractivity contribution in [1.82, 2.24) is 20.6 Å². The first-order valence-corrected chi connectivity index (χ1v) is 8.09. The third kappa shape index (κ3) is 3.46. The summed E-state index contributed by atoms with van der Waals surface area (Å²) >= 11 is 0. The van der Waals surface area contributed by atoms with Gasteiger partial charge < -0.3 is 15.0 Å². The minimum Gasteiger partial charge on any atom is -0.460 e. The maximum absolute atomic E-state index is 12.0. The van der Waals surface area contributed by atoms with E-state index in [9.17, 15) is 4.79 Å². The molecular formula is C16H23N5O2. The molecule has 124 valence electrons. The van der Waals surface area contributed by atoms with E-state index in [2.05, 4.69) is 32.8 Å². The highest BCUT2D eigenvalue weighted by molar-refractivity contribution is 5.92. The Kier molecular flexibility index (Phi) is 4.78. The largest absolute Gasteiger partial charge is 0.460 e. The smallest absolute Gasteiger partial charge is 0.374 e. The van der Waals surface area contributed by atoms with Gasteiger partial charge in [-0.1, -0.05) is 13.3 Å². The highest BCUT2D eigenvalue weighted by Gasteiger charge is 2.17. The van der Waals surface area contributed by atoms with Gasteiger partial charge in [0.1, 0.15) is 6.29 Å². The number of rotatable bonds is 6. The molecule has 0 amide bonds. The summed E-state index contributed by atoms with van der Waals surface area (Å²) in [6.07, 6.45) is 1.91. The zero-order valence-electron chi connectivity index (χ0n) is 13.5. The molecular weight excluding hydrogens is 294 g/mol. The molecule has 1 fully saturated rings. The van der Waals surface area contributed by atoms with Crippen LogP contribution in [0.1, 0.15) is 35.9 Å². The average molecular weight is 317 g/mol. The quantitative estimate of drug-likeness (QED) is 0.479. The number of esters is 1. The molecule has 0 spiro atoms. The molecule has 1 aliphatic heterocycles. The highest BCUT2D eigenvalue weighted by Crippen LogP contribution is 2.24. The van der Waals surface area contributed by atoms with Gasteiger partial charge in [0.15, 0.2) is 0 Å². The molecule has 3 rings (SSSR count). The van der Waals surface area contributed by atoms with Gasteiger partial charge in [-0.15, -0.1) is 0 Å². The normalized spacial score (nSPS) is 15.2. The van der Waals surface area contributed by atoms with E-state index in [1.165, 1.54) is 0 Å². The third-order valence-electron chi connectivity index (χ3n) is 3.95. The van der Waals surface area contributed by atoms with Gasteiger partial charge in [-0.3, -0.25) is 10.6 Å². The Morgan fingerprint density at radius 1 is 1.39 bits per heavy atom. The van der Waals surface area contributed by atoms with Crippen LogP contribution in [0.25, 0.3) is 11.0 Å².